The molecule has 3 N–H and O–H groups in total. The molecule has 3 atom stereocenters. The fourth-order valence-corrected chi connectivity index (χ4v) is 2.52. The van der Waals surface area contributed by atoms with Crippen molar-refractivity contribution in [3.8, 4) is 0 Å². The van der Waals surface area contributed by atoms with E-state index in [0.717, 1.165) is 6.42 Å². The average molecular weight is 261 g/mol. The fourth-order valence-electron chi connectivity index (χ4n) is 2.52. The van der Waals surface area contributed by atoms with Crippen molar-refractivity contribution in [2.45, 2.75) is 38.4 Å². The van der Waals surface area contributed by atoms with Gasteiger partial charge in [0.2, 0.25) is 0 Å². The molecule has 0 radical (unpaired) electrons. The molecule has 1 rings (SSSR count). The molecule has 1 aliphatic rings. The zero-order chi connectivity index (χ0) is 13.4. The summed E-state index contributed by atoms with van der Waals surface area (Å²) in [4.78, 5) is 1.84. The predicted molar refractivity (Wildman–Crippen MR) is 69.4 cm³/mol. The van der Waals surface area contributed by atoms with Crippen LogP contribution >= 0.6 is 0 Å². The van der Waals surface area contributed by atoms with Crippen LogP contribution in [0.25, 0.3) is 0 Å². The van der Waals surface area contributed by atoms with E-state index in [-0.39, 0.29) is 19.3 Å². The summed E-state index contributed by atoms with van der Waals surface area (Å²) in [5, 5.41) is 27.6. The molecule has 0 saturated heterocycles. The van der Waals surface area contributed by atoms with E-state index in [2.05, 4.69) is 6.92 Å². The van der Waals surface area contributed by atoms with Gasteiger partial charge in [-0.05, 0) is 18.8 Å². The Labute approximate surface area is 109 Å². The number of hydrogen-bond donors (Lipinski definition) is 3. The van der Waals surface area contributed by atoms with Crippen LogP contribution in [0.5, 0.6) is 0 Å². The van der Waals surface area contributed by atoms with Crippen LogP contribution in [0.3, 0.4) is 0 Å². The molecule has 0 heterocycles. The van der Waals surface area contributed by atoms with Crippen molar-refractivity contribution in [3.63, 3.8) is 0 Å². The summed E-state index contributed by atoms with van der Waals surface area (Å²) >= 11 is 0. The monoisotopic (exact) mass is 261 g/mol. The number of ether oxygens (including phenoxy) is 1. The van der Waals surface area contributed by atoms with Gasteiger partial charge in [-0.3, -0.25) is 4.90 Å². The van der Waals surface area contributed by atoms with Gasteiger partial charge in [-0.15, -0.1) is 0 Å². The van der Waals surface area contributed by atoms with Crippen molar-refractivity contribution in [3.05, 3.63) is 0 Å². The maximum atomic E-state index is 9.89. The Balaban J connectivity index is 2.20. The van der Waals surface area contributed by atoms with Crippen molar-refractivity contribution < 1.29 is 20.1 Å². The fraction of sp³-hybridized carbons (Fsp3) is 1.00. The molecule has 0 aromatic rings. The molecule has 0 aromatic carbocycles. The zero-order valence-electron chi connectivity index (χ0n) is 11.3. The molecule has 5 heteroatoms. The van der Waals surface area contributed by atoms with Gasteiger partial charge in [0.05, 0.1) is 32.0 Å². The molecule has 1 fully saturated rings. The molecule has 1 saturated carbocycles. The highest BCUT2D eigenvalue weighted by molar-refractivity contribution is 4.75. The van der Waals surface area contributed by atoms with Gasteiger partial charge in [-0.2, -0.15) is 0 Å². The summed E-state index contributed by atoms with van der Waals surface area (Å²) < 4.78 is 5.73. The van der Waals surface area contributed by atoms with Crippen molar-refractivity contribution in [1.29, 1.82) is 0 Å². The third kappa shape index (κ3) is 5.63. The van der Waals surface area contributed by atoms with E-state index in [1.807, 2.05) is 4.90 Å². The number of aliphatic hydroxyl groups excluding tert-OH is 3. The Morgan fingerprint density at radius 1 is 1.22 bits per heavy atom. The molecular weight excluding hydrogens is 234 g/mol. The van der Waals surface area contributed by atoms with Gasteiger partial charge in [0, 0.05) is 19.6 Å². The summed E-state index contributed by atoms with van der Waals surface area (Å²) in [7, 11) is 0. The van der Waals surface area contributed by atoms with Crippen molar-refractivity contribution >= 4 is 0 Å². The first-order chi connectivity index (χ1) is 8.67. The smallest absolute Gasteiger partial charge is 0.0900 e. The minimum atomic E-state index is -0.559. The maximum Gasteiger partial charge on any atom is 0.0900 e. The third-order valence-electron chi connectivity index (χ3n) is 3.59. The second-order valence-electron chi connectivity index (χ2n) is 5.18. The molecule has 0 aromatic heterocycles. The maximum absolute atomic E-state index is 9.89. The van der Waals surface area contributed by atoms with Gasteiger partial charge in [-0.25, -0.2) is 0 Å². The Bertz CT molecular complexity index is 209. The van der Waals surface area contributed by atoms with E-state index in [1.165, 1.54) is 12.8 Å². The number of aliphatic hydroxyl groups is 3. The highest BCUT2D eigenvalue weighted by Crippen LogP contribution is 2.27. The SMILES string of the molecule is C[C@@H]1CCC[C@H]1OC[C@@H](O)CN(CCO)CCO. The first kappa shape index (κ1) is 15.9. The molecule has 1 aliphatic carbocycles. The van der Waals surface area contributed by atoms with Gasteiger partial charge in [0.1, 0.15) is 0 Å². The van der Waals surface area contributed by atoms with E-state index >= 15 is 0 Å². The van der Waals surface area contributed by atoms with Crippen LogP contribution in [0.15, 0.2) is 0 Å². The Morgan fingerprint density at radius 2 is 1.89 bits per heavy atom. The van der Waals surface area contributed by atoms with E-state index in [0.29, 0.717) is 32.2 Å². The number of rotatable bonds is 9. The highest BCUT2D eigenvalue weighted by atomic mass is 16.5. The highest BCUT2D eigenvalue weighted by Gasteiger charge is 2.24. The van der Waals surface area contributed by atoms with Crippen LogP contribution < -0.4 is 0 Å². The molecule has 108 valence electrons. The molecule has 0 aliphatic heterocycles. The Kier molecular flexibility index (Phi) is 7.77. The second-order valence-corrected chi connectivity index (χ2v) is 5.18. The number of hydrogen-bond acceptors (Lipinski definition) is 5. The van der Waals surface area contributed by atoms with Crippen LogP contribution in [-0.2, 0) is 4.74 Å². The van der Waals surface area contributed by atoms with Crippen LogP contribution in [0.2, 0.25) is 0 Å². The number of nitrogens with zero attached hydrogens (tertiary/aromatic N) is 1. The summed E-state index contributed by atoms with van der Waals surface area (Å²) in [6.07, 6.45) is 3.23. The van der Waals surface area contributed by atoms with E-state index in [1.54, 1.807) is 0 Å². The van der Waals surface area contributed by atoms with E-state index in [4.69, 9.17) is 14.9 Å². The van der Waals surface area contributed by atoms with E-state index in [9.17, 15) is 5.11 Å². The first-order valence-corrected chi connectivity index (χ1v) is 6.91. The summed E-state index contributed by atoms with van der Waals surface area (Å²) in [5.74, 6) is 0.586. The second kappa shape index (κ2) is 8.82. The van der Waals surface area contributed by atoms with Crippen LogP contribution in [0.1, 0.15) is 26.2 Å². The first-order valence-electron chi connectivity index (χ1n) is 6.91. The molecular formula is C13H27NO4. The average Bonchev–Trinajstić information content (AvgIpc) is 2.73. The van der Waals surface area contributed by atoms with Crippen molar-refractivity contribution in [2.75, 3.05) is 39.5 Å². The topological polar surface area (TPSA) is 73.2 Å². The molecule has 5 nitrogen and oxygen atoms in total. The van der Waals surface area contributed by atoms with Crippen LogP contribution in [0, 0.1) is 5.92 Å². The molecule has 0 spiro atoms. The predicted octanol–water partition coefficient (Wildman–Crippen LogP) is -0.161. The lowest BCUT2D eigenvalue weighted by atomic mass is 10.1. The van der Waals surface area contributed by atoms with Gasteiger partial charge < -0.3 is 20.1 Å². The normalized spacial score (nSPS) is 25.8. The Hall–Kier alpha value is -0.200. The van der Waals surface area contributed by atoms with Crippen LogP contribution in [0.4, 0.5) is 0 Å². The molecule has 18 heavy (non-hydrogen) atoms. The lowest BCUT2D eigenvalue weighted by Crippen LogP contribution is -2.39. The van der Waals surface area contributed by atoms with Gasteiger partial charge in [0.15, 0.2) is 0 Å². The lowest BCUT2D eigenvalue weighted by molar-refractivity contribution is -0.0338. The lowest BCUT2D eigenvalue weighted by Gasteiger charge is -2.25. The third-order valence-corrected chi connectivity index (χ3v) is 3.59. The molecule has 0 unspecified atom stereocenters. The van der Waals surface area contributed by atoms with Crippen LogP contribution in [-0.4, -0.2) is 71.9 Å². The molecule has 0 bridgehead atoms. The van der Waals surface area contributed by atoms with Crippen molar-refractivity contribution in [1.82, 2.24) is 4.90 Å². The minimum absolute atomic E-state index is 0.0350. The van der Waals surface area contributed by atoms with E-state index < -0.39 is 6.10 Å². The summed E-state index contributed by atoms with van der Waals surface area (Å²) in [6, 6.07) is 0. The van der Waals surface area contributed by atoms with Gasteiger partial charge in [-0.1, -0.05) is 13.3 Å². The zero-order valence-corrected chi connectivity index (χ0v) is 11.3. The Morgan fingerprint density at radius 3 is 2.39 bits per heavy atom. The minimum Gasteiger partial charge on any atom is -0.395 e. The standard InChI is InChI=1S/C13H27NO4/c1-11-3-2-4-13(11)18-10-12(17)9-14(5-7-15)6-8-16/h11-13,15-17H,2-10H2,1H3/t11-,12+,13-/m1/s1. The quantitative estimate of drug-likeness (QED) is 0.538. The van der Waals surface area contributed by atoms with Gasteiger partial charge >= 0.3 is 0 Å². The largest absolute Gasteiger partial charge is 0.395 e. The van der Waals surface area contributed by atoms with Gasteiger partial charge in [0.25, 0.3) is 0 Å². The summed E-state index contributed by atoms with van der Waals surface area (Å²) in [6.45, 7) is 3.97. The summed E-state index contributed by atoms with van der Waals surface area (Å²) in [5.41, 5.74) is 0. The molecule has 0 amide bonds. The van der Waals surface area contributed by atoms with Crippen molar-refractivity contribution in [2.24, 2.45) is 5.92 Å².